The van der Waals surface area contributed by atoms with Crippen molar-refractivity contribution in [2.45, 2.75) is 168 Å². The molecule has 0 spiro atoms. The molecule has 0 saturated heterocycles. The molecule has 0 aliphatic carbocycles. The molecule has 0 aromatic carbocycles. The van der Waals surface area contributed by atoms with Gasteiger partial charge in [-0.05, 0) is 96.3 Å². The molecule has 0 aromatic heterocycles. The number of allylic oxidation sites excluding steroid dienone is 24. The highest BCUT2D eigenvalue weighted by Gasteiger charge is 2.19. The third kappa shape index (κ3) is 46.2. The van der Waals surface area contributed by atoms with Gasteiger partial charge in [0.1, 0.15) is 13.2 Å². The second-order valence-corrected chi connectivity index (χ2v) is 14.7. The lowest BCUT2D eigenvalue weighted by atomic mass is 10.1. The summed E-state index contributed by atoms with van der Waals surface area (Å²) in [6.07, 6.45) is 68.4. The Hall–Kier alpha value is -4.71. The van der Waals surface area contributed by atoms with Crippen molar-refractivity contribution in [2.24, 2.45) is 0 Å². The van der Waals surface area contributed by atoms with Gasteiger partial charge in [0.2, 0.25) is 0 Å². The molecule has 338 valence electrons. The maximum atomic E-state index is 12.7. The van der Waals surface area contributed by atoms with E-state index in [-0.39, 0.29) is 31.6 Å². The molecule has 0 fully saturated rings. The molecule has 0 radical (unpaired) electrons. The zero-order chi connectivity index (χ0) is 44.4. The first-order valence-electron chi connectivity index (χ1n) is 23.4. The standard InChI is InChI=1S/C55H82O6/c1-4-7-10-13-16-19-22-24-25-26-27-28-29-31-33-36-39-42-45-48-54(57)60-51-52(50-59-53(56)47-44-41-38-35-32-21-18-15-12-9-6-3)61-55(58)49-46-43-40-37-34-30-23-20-17-14-11-8-5-2/h7-8,10-11,14-21,23-25,27-28,30-34,37,40,52H,4-6,9,12-13,22,26,29,35-36,38-39,41-51H2,1-3H3/b10-7-,11-8-,17-14-,18-15-,19-16-,23-20-,25-24-,28-27-,32-21-,33-31-,34-30-,40-37-. The van der Waals surface area contributed by atoms with Crippen LogP contribution in [-0.4, -0.2) is 37.2 Å². The minimum absolute atomic E-state index is 0.138. The van der Waals surface area contributed by atoms with Crippen molar-refractivity contribution < 1.29 is 28.6 Å². The summed E-state index contributed by atoms with van der Waals surface area (Å²) in [6, 6.07) is 0. The number of ether oxygens (including phenoxy) is 3. The van der Waals surface area contributed by atoms with Gasteiger partial charge in [-0.3, -0.25) is 14.4 Å². The molecule has 61 heavy (non-hydrogen) atoms. The van der Waals surface area contributed by atoms with Gasteiger partial charge in [0.25, 0.3) is 0 Å². The van der Waals surface area contributed by atoms with E-state index in [0.717, 1.165) is 96.3 Å². The summed E-state index contributed by atoms with van der Waals surface area (Å²) < 4.78 is 16.6. The lowest BCUT2D eigenvalue weighted by molar-refractivity contribution is -0.167. The van der Waals surface area contributed by atoms with Crippen molar-refractivity contribution in [3.63, 3.8) is 0 Å². The molecule has 1 unspecified atom stereocenters. The van der Waals surface area contributed by atoms with Gasteiger partial charge in [-0.15, -0.1) is 0 Å². The van der Waals surface area contributed by atoms with E-state index in [1.165, 1.54) is 12.8 Å². The molecule has 0 heterocycles. The Bertz CT molecular complexity index is 1430. The average molecular weight is 839 g/mol. The Kier molecular flexibility index (Phi) is 44.3. The summed E-state index contributed by atoms with van der Waals surface area (Å²) in [7, 11) is 0. The van der Waals surface area contributed by atoms with Gasteiger partial charge in [-0.25, -0.2) is 0 Å². The topological polar surface area (TPSA) is 78.9 Å². The molecule has 1 atom stereocenters. The molecular weight excluding hydrogens is 757 g/mol. The van der Waals surface area contributed by atoms with E-state index in [4.69, 9.17) is 14.2 Å². The lowest BCUT2D eigenvalue weighted by Gasteiger charge is -2.18. The van der Waals surface area contributed by atoms with Crippen LogP contribution in [0.2, 0.25) is 0 Å². The summed E-state index contributed by atoms with van der Waals surface area (Å²) >= 11 is 0. The Morgan fingerprint density at radius 3 is 1.23 bits per heavy atom. The van der Waals surface area contributed by atoms with E-state index in [9.17, 15) is 14.4 Å². The highest BCUT2D eigenvalue weighted by molar-refractivity contribution is 5.71. The van der Waals surface area contributed by atoms with Crippen LogP contribution in [0.15, 0.2) is 146 Å². The number of unbranched alkanes of at least 4 members (excludes halogenated alkanes) is 9. The third-order valence-electron chi connectivity index (χ3n) is 8.96. The maximum Gasteiger partial charge on any atom is 0.306 e. The van der Waals surface area contributed by atoms with E-state index in [0.29, 0.717) is 25.7 Å². The zero-order valence-corrected chi connectivity index (χ0v) is 38.4. The molecule has 0 bridgehead atoms. The predicted molar refractivity (Wildman–Crippen MR) is 260 cm³/mol. The Morgan fingerprint density at radius 1 is 0.361 bits per heavy atom. The van der Waals surface area contributed by atoms with Crippen molar-refractivity contribution in [3.8, 4) is 0 Å². The van der Waals surface area contributed by atoms with Crippen LogP contribution in [0.1, 0.15) is 162 Å². The smallest absolute Gasteiger partial charge is 0.306 e. The van der Waals surface area contributed by atoms with Crippen LogP contribution in [0.3, 0.4) is 0 Å². The minimum Gasteiger partial charge on any atom is -0.462 e. The first-order chi connectivity index (χ1) is 30.0. The van der Waals surface area contributed by atoms with Crippen LogP contribution >= 0.6 is 0 Å². The summed E-state index contributed by atoms with van der Waals surface area (Å²) in [6.45, 7) is 6.16. The van der Waals surface area contributed by atoms with E-state index in [1.54, 1.807) is 0 Å². The van der Waals surface area contributed by atoms with Crippen LogP contribution in [0.25, 0.3) is 0 Å². The van der Waals surface area contributed by atoms with Crippen molar-refractivity contribution in [2.75, 3.05) is 13.2 Å². The predicted octanol–water partition coefficient (Wildman–Crippen LogP) is 15.3. The summed E-state index contributed by atoms with van der Waals surface area (Å²) in [4.78, 5) is 37.8. The number of carbonyl (C=O) groups is 3. The van der Waals surface area contributed by atoms with Gasteiger partial charge in [0.15, 0.2) is 6.10 Å². The largest absolute Gasteiger partial charge is 0.462 e. The minimum atomic E-state index is -0.844. The van der Waals surface area contributed by atoms with Gasteiger partial charge in [0, 0.05) is 19.3 Å². The third-order valence-corrected chi connectivity index (χ3v) is 8.96. The number of hydrogen-bond donors (Lipinski definition) is 0. The fraction of sp³-hybridized carbons (Fsp3) is 0.509. The highest BCUT2D eigenvalue weighted by Crippen LogP contribution is 2.10. The van der Waals surface area contributed by atoms with Crippen LogP contribution in [0.5, 0.6) is 0 Å². The van der Waals surface area contributed by atoms with Crippen LogP contribution in [0.4, 0.5) is 0 Å². The van der Waals surface area contributed by atoms with Gasteiger partial charge in [-0.2, -0.15) is 0 Å². The van der Waals surface area contributed by atoms with Gasteiger partial charge in [-0.1, -0.05) is 192 Å². The first-order valence-corrected chi connectivity index (χ1v) is 23.4. The van der Waals surface area contributed by atoms with Gasteiger partial charge >= 0.3 is 17.9 Å². The molecule has 0 aliphatic heterocycles. The molecule has 0 amide bonds. The number of esters is 3. The van der Waals surface area contributed by atoms with Gasteiger partial charge < -0.3 is 14.2 Å². The Balaban J connectivity index is 4.59. The zero-order valence-electron chi connectivity index (χ0n) is 38.4. The monoisotopic (exact) mass is 839 g/mol. The SMILES string of the molecule is CC\C=C/C=C\C=C/C=C\C=C/CCCC(=O)OC(COC(=O)CCCCC/C=C\C=C/CCCC)COC(=O)CCCCC/C=C\C/C=C\C/C=C\C/C=C\C/C=C\CC. The number of hydrogen-bond acceptors (Lipinski definition) is 6. The molecule has 0 N–H and O–H groups in total. The van der Waals surface area contributed by atoms with Crippen LogP contribution < -0.4 is 0 Å². The van der Waals surface area contributed by atoms with E-state index in [1.807, 2.05) is 54.7 Å². The molecule has 0 saturated carbocycles. The fourth-order valence-electron chi connectivity index (χ4n) is 5.47. The van der Waals surface area contributed by atoms with Crippen molar-refractivity contribution in [1.29, 1.82) is 0 Å². The van der Waals surface area contributed by atoms with E-state index >= 15 is 0 Å². The summed E-state index contributed by atoms with van der Waals surface area (Å²) in [5.74, 6) is -1.09. The van der Waals surface area contributed by atoms with Crippen molar-refractivity contribution >= 4 is 17.9 Å². The maximum absolute atomic E-state index is 12.7. The number of carbonyl (C=O) groups excluding carboxylic acids is 3. The second kappa shape index (κ2) is 48.0. The lowest BCUT2D eigenvalue weighted by Crippen LogP contribution is -2.30. The Labute approximate surface area is 372 Å². The van der Waals surface area contributed by atoms with Crippen LogP contribution in [0, 0.1) is 0 Å². The molecule has 6 heteroatoms. The molecule has 0 rings (SSSR count). The highest BCUT2D eigenvalue weighted by atomic mass is 16.6. The van der Waals surface area contributed by atoms with Gasteiger partial charge in [0.05, 0.1) is 0 Å². The average Bonchev–Trinajstić information content (AvgIpc) is 3.26. The fourth-order valence-corrected chi connectivity index (χ4v) is 5.47. The summed E-state index contributed by atoms with van der Waals surface area (Å²) in [5, 5.41) is 0. The number of rotatable bonds is 39. The Morgan fingerprint density at radius 2 is 0.738 bits per heavy atom. The van der Waals surface area contributed by atoms with E-state index in [2.05, 4.69) is 112 Å². The first kappa shape index (κ1) is 56.3. The molecule has 0 aromatic rings. The van der Waals surface area contributed by atoms with E-state index < -0.39 is 12.1 Å². The quantitative estimate of drug-likeness (QED) is 0.0202. The van der Waals surface area contributed by atoms with Crippen LogP contribution in [-0.2, 0) is 28.6 Å². The normalized spacial score (nSPS) is 13.4. The second-order valence-electron chi connectivity index (χ2n) is 14.7. The molecule has 0 aliphatic rings. The van der Waals surface area contributed by atoms with Crippen molar-refractivity contribution in [3.05, 3.63) is 146 Å². The molecule has 6 nitrogen and oxygen atoms in total. The summed E-state index contributed by atoms with van der Waals surface area (Å²) in [5.41, 5.74) is 0. The van der Waals surface area contributed by atoms with Crippen molar-refractivity contribution in [1.82, 2.24) is 0 Å². The molecular formula is C55H82O6.